The number of likely N-dealkylation sites (N-methyl/N-ethyl adjacent to an activating group) is 1. The Morgan fingerprint density at radius 3 is 2.63 bits per heavy atom. The molecule has 1 saturated heterocycles. The maximum Gasteiger partial charge on any atom is 0.115 e. The summed E-state index contributed by atoms with van der Waals surface area (Å²) in [6.07, 6.45) is 1.47. The number of rotatable bonds is 5. The first-order chi connectivity index (χ1) is 13.0. The first-order valence-corrected chi connectivity index (χ1v) is 10.5. The molecule has 27 heavy (non-hydrogen) atoms. The van der Waals surface area contributed by atoms with E-state index >= 15 is 0 Å². The number of fused-ring (bicyclic) bond motifs is 1. The maximum absolute atomic E-state index is 7.96. The summed E-state index contributed by atoms with van der Waals surface area (Å²) in [5.74, 6) is 1.05. The predicted molar refractivity (Wildman–Crippen MR) is 118 cm³/mol. The lowest BCUT2D eigenvalue weighted by Crippen LogP contribution is -2.45. The first-order valence-electron chi connectivity index (χ1n) is 9.64. The van der Waals surface area contributed by atoms with Crippen molar-refractivity contribution in [2.24, 2.45) is 0 Å². The molecule has 3 rings (SSSR count). The highest BCUT2D eigenvalue weighted by molar-refractivity contribution is 7.18. The van der Waals surface area contributed by atoms with Gasteiger partial charge in [-0.25, -0.2) is 0 Å². The van der Waals surface area contributed by atoms with Crippen molar-refractivity contribution in [2.45, 2.75) is 33.4 Å². The topological polar surface area (TPSA) is 58.2 Å². The van der Waals surface area contributed by atoms with E-state index in [2.05, 4.69) is 72.2 Å². The minimum atomic E-state index is 0.463. The number of H-pyrrole nitrogens is 1. The number of benzene rings is 1. The molecule has 2 heterocycles. The number of aryl methyl sites for hydroxylation is 1. The van der Waals surface area contributed by atoms with Gasteiger partial charge in [-0.2, -0.15) is 0 Å². The van der Waals surface area contributed by atoms with Crippen LogP contribution in [0.15, 0.2) is 24.3 Å². The van der Waals surface area contributed by atoms with E-state index in [1.165, 1.54) is 21.4 Å². The average molecular weight is 386 g/mol. The van der Waals surface area contributed by atoms with Crippen LogP contribution in [0.1, 0.15) is 29.9 Å². The van der Waals surface area contributed by atoms with Gasteiger partial charge in [0.1, 0.15) is 5.82 Å². The summed E-state index contributed by atoms with van der Waals surface area (Å²) >= 11 is 1.76. The normalized spacial score (nSPS) is 15.4. The number of anilines is 1. The van der Waals surface area contributed by atoms with Crippen LogP contribution in [0.25, 0.3) is 10.2 Å². The molecule has 0 spiro atoms. The minimum Gasteiger partial charge on any atom is -0.355 e. The van der Waals surface area contributed by atoms with Crippen LogP contribution in [0.2, 0.25) is 0 Å². The second-order valence-electron chi connectivity index (χ2n) is 7.59. The van der Waals surface area contributed by atoms with Gasteiger partial charge in [-0.1, -0.05) is 19.9 Å². The van der Waals surface area contributed by atoms with Crippen molar-refractivity contribution >= 4 is 33.6 Å². The van der Waals surface area contributed by atoms with Gasteiger partial charge in [0.2, 0.25) is 0 Å². The second kappa shape index (κ2) is 8.87. The largest absolute Gasteiger partial charge is 0.355 e. The molecular formula is C21H31N5S. The standard InChI is InChI=1S/C21H31N5S/c1-15(2)23-14-17-5-6-20-19(12-17)24-21(18(13-22)11-16(3)27-20)26-9-7-25(4)8-10-26/h5-6,11-13,15,22-24H,7-10,14H2,1-4H3. The third kappa shape index (κ3) is 5.09. The molecule has 5 nitrogen and oxygen atoms in total. The second-order valence-corrected chi connectivity index (χ2v) is 8.87. The summed E-state index contributed by atoms with van der Waals surface area (Å²) in [4.78, 5) is 9.61. The molecule has 0 radical (unpaired) electrons. The molecule has 1 aromatic carbocycles. The van der Waals surface area contributed by atoms with Crippen LogP contribution in [-0.2, 0) is 6.54 Å². The molecule has 1 aliphatic rings. The highest BCUT2D eigenvalue weighted by atomic mass is 32.1. The molecule has 0 unspecified atom stereocenters. The summed E-state index contributed by atoms with van der Waals surface area (Å²) in [6, 6.07) is 9.24. The Hall–Kier alpha value is -1.89. The Kier molecular flexibility index (Phi) is 6.52. The molecule has 0 saturated carbocycles. The van der Waals surface area contributed by atoms with Crippen LogP contribution in [-0.4, -0.2) is 55.4 Å². The number of hydrogen-bond acceptors (Lipinski definition) is 5. The molecule has 1 fully saturated rings. The summed E-state index contributed by atoms with van der Waals surface area (Å²) in [5.41, 5.74) is 3.34. The fraction of sp³-hybridized carbons (Fsp3) is 0.476. The monoisotopic (exact) mass is 385 g/mol. The molecule has 1 aromatic heterocycles. The maximum atomic E-state index is 7.96. The SMILES string of the molecule is Cc1cc(C=N)c(N2CCN(C)CC2)[nH]c2cc(CNC(C)C)ccc2s1. The van der Waals surface area contributed by atoms with Crippen molar-refractivity contribution in [3.63, 3.8) is 0 Å². The quantitative estimate of drug-likeness (QED) is 0.684. The van der Waals surface area contributed by atoms with Gasteiger partial charge < -0.3 is 25.5 Å². The van der Waals surface area contributed by atoms with Gasteiger partial charge in [0.05, 0.1) is 10.2 Å². The van der Waals surface area contributed by atoms with Crippen molar-refractivity contribution in [1.29, 1.82) is 5.41 Å². The Bertz CT molecular complexity index is 842. The van der Waals surface area contributed by atoms with Crippen molar-refractivity contribution in [3.05, 3.63) is 40.3 Å². The average Bonchev–Trinajstić information content (AvgIpc) is 2.63. The van der Waals surface area contributed by atoms with E-state index in [1.54, 1.807) is 11.3 Å². The van der Waals surface area contributed by atoms with Gasteiger partial charge in [0.15, 0.2) is 0 Å². The van der Waals surface area contributed by atoms with Crippen LogP contribution in [0.3, 0.4) is 0 Å². The predicted octanol–water partition coefficient (Wildman–Crippen LogP) is 3.91. The first kappa shape index (κ1) is 19.9. The highest BCUT2D eigenvalue weighted by Gasteiger charge is 2.17. The Morgan fingerprint density at radius 1 is 1.22 bits per heavy atom. The van der Waals surface area contributed by atoms with Crippen molar-refractivity contribution in [3.8, 4) is 0 Å². The Labute approximate surface area is 166 Å². The Morgan fingerprint density at radius 2 is 1.96 bits per heavy atom. The minimum absolute atomic E-state index is 0.463. The van der Waals surface area contributed by atoms with E-state index in [9.17, 15) is 0 Å². The zero-order valence-electron chi connectivity index (χ0n) is 16.8. The van der Waals surface area contributed by atoms with Gasteiger partial charge in [-0.3, -0.25) is 0 Å². The molecule has 146 valence electrons. The molecular weight excluding hydrogens is 354 g/mol. The van der Waals surface area contributed by atoms with Crippen LogP contribution >= 0.6 is 11.3 Å². The molecule has 0 bridgehead atoms. The molecule has 0 atom stereocenters. The van der Waals surface area contributed by atoms with E-state index in [4.69, 9.17) is 5.41 Å². The zero-order chi connectivity index (χ0) is 19.4. The summed E-state index contributed by atoms with van der Waals surface area (Å²) < 4.78 is 1.23. The van der Waals surface area contributed by atoms with Crippen molar-refractivity contribution in [1.82, 2.24) is 15.2 Å². The number of piperazine rings is 1. The summed E-state index contributed by atoms with van der Waals surface area (Å²) in [6.45, 7) is 11.3. The number of nitrogens with zero attached hydrogens (tertiary/aromatic N) is 2. The van der Waals surface area contributed by atoms with Gasteiger partial charge >= 0.3 is 0 Å². The van der Waals surface area contributed by atoms with Gasteiger partial charge in [-0.05, 0) is 37.7 Å². The fourth-order valence-electron chi connectivity index (χ4n) is 3.29. The van der Waals surface area contributed by atoms with Crippen molar-refractivity contribution in [2.75, 3.05) is 38.1 Å². The summed E-state index contributed by atoms with van der Waals surface area (Å²) in [5, 5.41) is 11.5. The fourth-order valence-corrected chi connectivity index (χ4v) is 4.18. The van der Waals surface area contributed by atoms with Gasteiger partial charge in [0.25, 0.3) is 0 Å². The molecule has 1 aliphatic heterocycles. The number of hydrogen-bond donors (Lipinski definition) is 3. The van der Waals surface area contributed by atoms with Gasteiger partial charge in [0, 0.05) is 55.4 Å². The van der Waals surface area contributed by atoms with Crippen LogP contribution in [0, 0.1) is 12.3 Å². The van der Waals surface area contributed by atoms with E-state index < -0.39 is 0 Å². The smallest absolute Gasteiger partial charge is 0.115 e. The van der Waals surface area contributed by atoms with Crippen LogP contribution in [0.5, 0.6) is 0 Å². The van der Waals surface area contributed by atoms with E-state index in [1.807, 2.05) is 0 Å². The zero-order valence-corrected chi connectivity index (χ0v) is 17.6. The van der Waals surface area contributed by atoms with Gasteiger partial charge in [-0.15, -0.1) is 11.3 Å². The molecule has 6 heteroatoms. The van der Waals surface area contributed by atoms with Crippen molar-refractivity contribution < 1.29 is 0 Å². The third-order valence-corrected chi connectivity index (χ3v) is 5.91. The number of aromatic nitrogens is 1. The van der Waals surface area contributed by atoms with Crippen LogP contribution in [0.4, 0.5) is 5.82 Å². The lowest BCUT2D eigenvalue weighted by molar-refractivity contribution is 0.312. The summed E-state index contributed by atoms with van der Waals surface area (Å²) in [7, 11) is 2.17. The van der Waals surface area contributed by atoms with E-state index in [-0.39, 0.29) is 0 Å². The Balaban J connectivity index is 2.11. The molecule has 0 amide bonds. The van der Waals surface area contributed by atoms with E-state index in [0.717, 1.165) is 49.6 Å². The lowest BCUT2D eigenvalue weighted by Gasteiger charge is -2.34. The molecule has 0 aliphatic carbocycles. The van der Waals surface area contributed by atoms with E-state index in [0.29, 0.717) is 6.04 Å². The highest BCUT2D eigenvalue weighted by Crippen LogP contribution is 2.25. The van der Waals surface area contributed by atoms with Crippen LogP contribution < -0.4 is 10.2 Å². The third-order valence-electron chi connectivity index (χ3n) is 4.89. The lowest BCUT2D eigenvalue weighted by atomic mass is 10.2. The molecule has 3 N–H and O–H groups in total. The molecule has 2 aromatic rings. The number of nitrogens with one attached hydrogen (secondary N) is 3. The number of aromatic amines is 1.